The van der Waals surface area contributed by atoms with Crippen molar-refractivity contribution in [2.24, 2.45) is 0 Å². The average molecular weight is 514 g/mol. The van der Waals surface area contributed by atoms with E-state index in [2.05, 4.69) is 5.32 Å². The number of halogens is 8. The highest BCUT2D eigenvalue weighted by Gasteiger charge is 2.37. The Kier molecular flexibility index (Phi) is 7.40. The molecule has 1 atom stereocenters. The van der Waals surface area contributed by atoms with Crippen LogP contribution in [0.3, 0.4) is 0 Å². The van der Waals surface area contributed by atoms with Crippen molar-refractivity contribution >= 4 is 29.2 Å². The predicted octanol–water partition coefficient (Wildman–Crippen LogP) is 6.23. The van der Waals surface area contributed by atoms with Gasteiger partial charge in [-0.2, -0.15) is 26.3 Å². The number of urea groups is 1. The van der Waals surface area contributed by atoms with Gasteiger partial charge in [-0.1, -0.05) is 29.3 Å². The maximum absolute atomic E-state index is 13.1. The van der Waals surface area contributed by atoms with Gasteiger partial charge < -0.3 is 15.1 Å². The Morgan fingerprint density at radius 2 is 1.64 bits per heavy atom. The van der Waals surface area contributed by atoms with E-state index >= 15 is 0 Å². The zero-order valence-corrected chi connectivity index (χ0v) is 18.7. The molecule has 0 saturated carbocycles. The Bertz CT molecular complexity index is 996. The van der Waals surface area contributed by atoms with Gasteiger partial charge in [-0.05, 0) is 41.5 Å². The molecular formula is C21H19Cl2F6N3O. The molecule has 1 unspecified atom stereocenters. The minimum atomic E-state index is -4.96. The second-order valence-corrected chi connectivity index (χ2v) is 8.45. The lowest BCUT2D eigenvalue weighted by molar-refractivity contribution is -0.143. The fraction of sp³-hybridized carbons (Fsp3) is 0.381. The number of amides is 2. The third-order valence-corrected chi connectivity index (χ3v) is 5.95. The smallest absolute Gasteiger partial charge is 0.323 e. The van der Waals surface area contributed by atoms with Gasteiger partial charge in [0, 0.05) is 33.2 Å². The number of alkyl halides is 6. The second-order valence-electron chi connectivity index (χ2n) is 7.64. The minimum absolute atomic E-state index is 0.0575. The number of nitrogens with one attached hydrogen (secondary N) is 1. The third-order valence-electron chi connectivity index (χ3n) is 5.21. The van der Waals surface area contributed by atoms with E-state index in [0.717, 1.165) is 4.90 Å². The number of carbonyl (C=O) groups is 1. The summed E-state index contributed by atoms with van der Waals surface area (Å²) in [4.78, 5) is 15.7. The summed E-state index contributed by atoms with van der Waals surface area (Å²) in [6.07, 6.45) is -9.92. The van der Waals surface area contributed by atoms with E-state index in [4.69, 9.17) is 23.2 Å². The summed E-state index contributed by atoms with van der Waals surface area (Å²) >= 11 is 12.0. The number of hydrogen-bond acceptors (Lipinski definition) is 2. The lowest BCUT2D eigenvalue weighted by Crippen LogP contribution is -2.52. The Hall–Kier alpha value is -2.17. The molecule has 1 aliphatic heterocycles. The van der Waals surface area contributed by atoms with E-state index in [1.54, 1.807) is 18.2 Å². The summed E-state index contributed by atoms with van der Waals surface area (Å²) in [5.41, 5.74) is -2.45. The number of hydrogen-bond donors (Lipinski definition) is 1. The van der Waals surface area contributed by atoms with E-state index in [0.29, 0.717) is 40.8 Å². The second kappa shape index (κ2) is 9.60. The number of piperazine rings is 1. The number of benzene rings is 2. The molecule has 0 radical (unpaired) electrons. The van der Waals surface area contributed by atoms with Crippen LogP contribution in [0.25, 0.3) is 0 Å². The molecule has 1 N–H and O–H groups in total. The molecule has 33 heavy (non-hydrogen) atoms. The van der Waals surface area contributed by atoms with Crippen molar-refractivity contribution in [1.29, 1.82) is 0 Å². The molecule has 180 valence electrons. The van der Waals surface area contributed by atoms with Crippen molar-refractivity contribution in [3.63, 3.8) is 0 Å². The zero-order valence-electron chi connectivity index (χ0n) is 17.2. The van der Waals surface area contributed by atoms with Crippen LogP contribution >= 0.6 is 23.2 Å². The van der Waals surface area contributed by atoms with Crippen LogP contribution in [0.4, 0.5) is 31.1 Å². The van der Waals surface area contributed by atoms with Gasteiger partial charge >= 0.3 is 18.4 Å². The Labute approximate surface area is 196 Å². The van der Waals surface area contributed by atoms with Crippen LogP contribution in [0.15, 0.2) is 36.4 Å². The molecule has 2 aromatic rings. The summed E-state index contributed by atoms with van der Waals surface area (Å²) in [5, 5.41) is 3.78. The predicted molar refractivity (Wildman–Crippen MR) is 112 cm³/mol. The summed E-state index contributed by atoms with van der Waals surface area (Å²) < 4.78 is 78.8. The van der Waals surface area contributed by atoms with Crippen LogP contribution in [0.5, 0.6) is 0 Å². The molecule has 4 nitrogen and oxygen atoms in total. The van der Waals surface area contributed by atoms with Crippen molar-refractivity contribution in [2.75, 3.05) is 26.7 Å². The molecule has 3 rings (SSSR count). The van der Waals surface area contributed by atoms with Crippen LogP contribution in [0.1, 0.15) is 28.3 Å². The monoisotopic (exact) mass is 513 g/mol. The first kappa shape index (κ1) is 25.5. The molecule has 1 heterocycles. The van der Waals surface area contributed by atoms with Crippen molar-refractivity contribution in [3.05, 3.63) is 68.7 Å². The molecule has 2 amide bonds. The highest BCUT2D eigenvalue weighted by molar-refractivity contribution is 6.42. The normalized spacial score (nSPS) is 17.2. The first-order valence-corrected chi connectivity index (χ1v) is 10.5. The van der Waals surface area contributed by atoms with Crippen LogP contribution in [-0.4, -0.2) is 42.5 Å². The van der Waals surface area contributed by atoms with Gasteiger partial charge in [0.15, 0.2) is 0 Å². The highest BCUT2D eigenvalue weighted by atomic mass is 35.5. The fourth-order valence-electron chi connectivity index (χ4n) is 3.62. The van der Waals surface area contributed by atoms with Gasteiger partial charge in [0.05, 0.1) is 27.2 Å². The van der Waals surface area contributed by atoms with Gasteiger partial charge in [0.2, 0.25) is 0 Å². The maximum Gasteiger partial charge on any atom is 0.416 e. The standard InChI is InChI=1S/C21H19Cl2F6N3O/c1-31(11-12-6-14(20(24,25)26)9-15(7-12)21(27,28)29)19(33)32-5-4-30-10-18(32)13-2-3-16(22)17(23)8-13/h2-3,6-9,18,30H,4-5,10-11H2,1H3. The molecule has 0 spiro atoms. The topological polar surface area (TPSA) is 35.6 Å². The molecule has 1 aliphatic rings. The third kappa shape index (κ3) is 6.04. The molecule has 12 heteroatoms. The van der Waals surface area contributed by atoms with E-state index in [1.807, 2.05) is 0 Å². The average Bonchev–Trinajstić information content (AvgIpc) is 2.73. The Balaban J connectivity index is 1.86. The summed E-state index contributed by atoms with van der Waals surface area (Å²) in [7, 11) is 1.32. The quantitative estimate of drug-likeness (QED) is 0.494. The van der Waals surface area contributed by atoms with Gasteiger partial charge in [0.1, 0.15) is 0 Å². The Morgan fingerprint density at radius 1 is 1.03 bits per heavy atom. The lowest BCUT2D eigenvalue weighted by atomic mass is 10.0. The van der Waals surface area contributed by atoms with E-state index < -0.39 is 42.1 Å². The molecule has 0 aliphatic carbocycles. The first-order chi connectivity index (χ1) is 15.3. The molecular weight excluding hydrogens is 495 g/mol. The van der Waals surface area contributed by atoms with Gasteiger partial charge in [-0.15, -0.1) is 0 Å². The van der Waals surface area contributed by atoms with E-state index in [-0.39, 0.29) is 18.2 Å². The van der Waals surface area contributed by atoms with Crippen molar-refractivity contribution in [2.45, 2.75) is 24.9 Å². The Morgan fingerprint density at radius 3 is 2.18 bits per heavy atom. The maximum atomic E-state index is 13.1. The summed E-state index contributed by atoms with van der Waals surface area (Å²) in [5.74, 6) is 0. The number of rotatable bonds is 3. The molecule has 0 aromatic heterocycles. The molecule has 1 fully saturated rings. The molecule has 0 bridgehead atoms. The van der Waals surface area contributed by atoms with Gasteiger partial charge in [-0.25, -0.2) is 4.79 Å². The number of nitrogens with zero attached hydrogens (tertiary/aromatic N) is 2. The fourth-order valence-corrected chi connectivity index (χ4v) is 3.93. The van der Waals surface area contributed by atoms with Gasteiger partial charge in [0.25, 0.3) is 0 Å². The number of carbonyl (C=O) groups excluding carboxylic acids is 1. The van der Waals surface area contributed by atoms with Crippen molar-refractivity contribution in [1.82, 2.24) is 15.1 Å². The largest absolute Gasteiger partial charge is 0.416 e. The van der Waals surface area contributed by atoms with Crippen molar-refractivity contribution < 1.29 is 31.1 Å². The first-order valence-electron chi connectivity index (χ1n) is 9.73. The summed E-state index contributed by atoms with van der Waals surface area (Å²) in [6, 6.07) is 5.21. The summed E-state index contributed by atoms with van der Waals surface area (Å²) in [6.45, 7) is 0.701. The minimum Gasteiger partial charge on any atom is -0.323 e. The van der Waals surface area contributed by atoms with Crippen LogP contribution in [0.2, 0.25) is 10.0 Å². The van der Waals surface area contributed by atoms with Crippen molar-refractivity contribution in [3.8, 4) is 0 Å². The van der Waals surface area contributed by atoms with Crippen LogP contribution in [-0.2, 0) is 18.9 Å². The molecule has 2 aromatic carbocycles. The zero-order chi connectivity index (χ0) is 24.6. The van der Waals surface area contributed by atoms with Gasteiger partial charge in [-0.3, -0.25) is 0 Å². The van der Waals surface area contributed by atoms with E-state index in [9.17, 15) is 31.1 Å². The van der Waals surface area contributed by atoms with Crippen LogP contribution < -0.4 is 5.32 Å². The van der Waals surface area contributed by atoms with E-state index in [1.165, 1.54) is 11.9 Å². The lowest BCUT2D eigenvalue weighted by Gasteiger charge is -2.39. The SMILES string of the molecule is CN(Cc1cc(C(F)(F)F)cc(C(F)(F)F)c1)C(=O)N1CCNCC1c1ccc(Cl)c(Cl)c1. The molecule has 1 saturated heterocycles. The highest BCUT2D eigenvalue weighted by Crippen LogP contribution is 2.37. The van der Waals surface area contributed by atoms with Crippen LogP contribution in [0, 0.1) is 0 Å².